The lowest BCUT2D eigenvalue weighted by molar-refractivity contribution is -0.384. The molecule has 1 N–H and O–H groups in total. The van der Waals surface area contributed by atoms with Crippen molar-refractivity contribution in [2.45, 2.75) is 70.8 Å². The first-order valence-electron chi connectivity index (χ1n) is 10.8. The predicted molar refractivity (Wildman–Crippen MR) is 118 cm³/mol. The Morgan fingerprint density at radius 3 is 1.97 bits per heavy atom. The minimum Gasteiger partial charge on any atom is -0.445 e. The Labute approximate surface area is 184 Å². The number of non-ortho nitro benzene ring substituents is 1. The molecule has 0 radical (unpaired) electrons. The molecule has 0 aliphatic rings. The molecular weight excluding hydrogens is 424 g/mol. The predicted octanol–water partition coefficient (Wildman–Crippen LogP) is 4.70. The molecule has 0 aliphatic carbocycles. The summed E-state index contributed by atoms with van der Waals surface area (Å²) in [6.07, 6.45) is 11.2. The van der Waals surface area contributed by atoms with Gasteiger partial charge < -0.3 is 10.1 Å². The van der Waals surface area contributed by atoms with Crippen molar-refractivity contribution in [3.63, 3.8) is 0 Å². The molecule has 0 saturated carbocycles. The zero-order chi connectivity index (χ0) is 23.0. The van der Waals surface area contributed by atoms with Crippen LogP contribution in [-0.2, 0) is 25.6 Å². The van der Waals surface area contributed by atoms with E-state index in [1.807, 2.05) is 0 Å². The van der Waals surface area contributed by atoms with E-state index < -0.39 is 21.1 Å². The zero-order valence-corrected chi connectivity index (χ0v) is 19.0. The molecule has 1 aromatic carbocycles. The van der Waals surface area contributed by atoms with Crippen LogP contribution in [-0.4, -0.2) is 38.8 Å². The zero-order valence-electron chi connectivity index (χ0n) is 18.2. The largest absolute Gasteiger partial charge is 0.445 e. The summed E-state index contributed by atoms with van der Waals surface area (Å²) < 4.78 is 31.4. The molecule has 0 saturated heterocycles. The third-order valence-electron chi connectivity index (χ3n) is 4.65. The normalized spacial score (nSPS) is 11.3. The Morgan fingerprint density at radius 2 is 1.45 bits per heavy atom. The molecule has 0 atom stereocenters. The molecule has 0 unspecified atom stereocenters. The van der Waals surface area contributed by atoms with Crippen LogP contribution in [0.15, 0.2) is 24.3 Å². The Kier molecular flexibility index (Phi) is 13.5. The van der Waals surface area contributed by atoms with E-state index in [0.29, 0.717) is 12.1 Å². The average Bonchev–Trinajstić information content (AvgIpc) is 2.72. The minimum atomic E-state index is -3.31. The summed E-state index contributed by atoms with van der Waals surface area (Å²) in [6.45, 7) is 0.917. The van der Waals surface area contributed by atoms with Gasteiger partial charge in [-0.2, -0.15) is 8.42 Å². The number of hydrogen-bond acceptors (Lipinski definition) is 7. The molecule has 10 heteroatoms. The summed E-state index contributed by atoms with van der Waals surface area (Å²) >= 11 is 0. The monoisotopic (exact) mass is 458 g/mol. The fourth-order valence-electron chi connectivity index (χ4n) is 2.96. The van der Waals surface area contributed by atoms with Crippen molar-refractivity contribution in [1.29, 1.82) is 0 Å². The van der Waals surface area contributed by atoms with Crippen LogP contribution in [0.2, 0.25) is 0 Å². The number of benzene rings is 1. The number of rotatable bonds is 17. The van der Waals surface area contributed by atoms with Crippen LogP contribution in [0.25, 0.3) is 0 Å². The van der Waals surface area contributed by atoms with Gasteiger partial charge in [-0.15, -0.1) is 0 Å². The highest BCUT2D eigenvalue weighted by Gasteiger charge is 2.06. The molecule has 0 aliphatic heterocycles. The Bertz CT molecular complexity index is 751. The first-order valence-corrected chi connectivity index (χ1v) is 12.6. The maximum absolute atomic E-state index is 11.7. The summed E-state index contributed by atoms with van der Waals surface area (Å²) in [7, 11) is -3.31. The van der Waals surface area contributed by atoms with Crippen LogP contribution >= 0.6 is 0 Å². The number of carbonyl (C=O) groups excluding carboxylic acids is 1. The van der Waals surface area contributed by atoms with E-state index in [-0.39, 0.29) is 18.9 Å². The number of ether oxygens (including phenoxy) is 1. The summed E-state index contributed by atoms with van der Waals surface area (Å²) in [5, 5.41) is 13.3. The molecule has 1 amide bonds. The number of nitrogens with one attached hydrogen (secondary N) is 1. The fraction of sp³-hybridized carbons (Fsp3) is 0.667. The standard InChI is InChI=1S/C21H34N2O7S/c1-31(27,28)30-17-11-9-7-5-3-2-4-6-8-10-16-22-21(24)29-18-19-12-14-20(15-13-19)23(25)26/h12-15H,2-11,16-18H2,1H3,(H,22,24). The molecule has 1 aromatic rings. The number of hydrogen-bond donors (Lipinski definition) is 1. The Morgan fingerprint density at radius 1 is 0.935 bits per heavy atom. The van der Waals surface area contributed by atoms with E-state index in [9.17, 15) is 23.3 Å². The van der Waals surface area contributed by atoms with E-state index in [4.69, 9.17) is 8.92 Å². The van der Waals surface area contributed by atoms with Crippen LogP contribution in [0.4, 0.5) is 10.5 Å². The first kappa shape index (κ1) is 26.8. The van der Waals surface area contributed by atoms with E-state index in [2.05, 4.69) is 5.32 Å². The molecule has 176 valence electrons. The molecule has 0 heterocycles. The molecule has 31 heavy (non-hydrogen) atoms. The molecular formula is C21H34N2O7S. The van der Waals surface area contributed by atoms with Crippen molar-refractivity contribution < 1.29 is 27.1 Å². The molecule has 9 nitrogen and oxygen atoms in total. The van der Waals surface area contributed by atoms with Crippen molar-refractivity contribution in [3.05, 3.63) is 39.9 Å². The van der Waals surface area contributed by atoms with Crippen LogP contribution in [0, 0.1) is 10.1 Å². The number of carbonyl (C=O) groups is 1. The van der Waals surface area contributed by atoms with Crippen molar-refractivity contribution in [2.75, 3.05) is 19.4 Å². The third-order valence-corrected chi connectivity index (χ3v) is 5.25. The van der Waals surface area contributed by atoms with E-state index in [1.165, 1.54) is 31.4 Å². The van der Waals surface area contributed by atoms with Gasteiger partial charge in [0.25, 0.3) is 15.8 Å². The van der Waals surface area contributed by atoms with Gasteiger partial charge in [-0.05, 0) is 30.5 Å². The number of nitro benzene ring substituents is 1. The molecule has 0 spiro atoms. The van der Waals surface area contributed by atoms with Crippen LogP contribution < -0.4 is 5.32 Å². The maximum atomic E-state index is 11.7. The molecule has 1 rings (SSSR count). The smallest absolute Gasteiger partial charge is 0.407 e. The van der Waals surface area contributed by atoms with Gasteiger partial charge in [0.2, 0.25) is 0 Å². The second-order valence-corrected chi connectivity index (χ2v) is 9.13. The fourth-order valence-corrected chi connectivity index (χ4v) is 3.38. The van der Waals surface area contributed by atoms with Crippen LogP contribution in [0.1, 0.15) is 69.8 Å². The van der Waals surface area contributed by atoms with E-state index in [1.54, 1.807) is 12.1 Å². The number of amides is 1. The van der Waals surface area contributed by atoms with E-state index >= 15 is 0 Å². The quantitative estimate of drug-likeness (QED) is 0.155. The van der Waals surface area contributed by atoms with Crippen molar-refractivity contribution >= 4 is 21.9 Å². The molecule has 0 aromatic heterocycles. The van der Waals surface area contributed by atoms with Gasteiger partial charge in [0.15, 0.2) is 0 Å². The Hall–Kier alpha value is -2.20. The first-order chi connectivity index (χ1) is 14.8. The topological polar surface area (TPSA) is 125 Å². The summed E-state index contributed by atoms with van der Waals surface area (Å²) in [6, 6.07) is 5.90. The highest BCUT2D eigenvalue weighted by Crippen LogP contribution is 2.13. The highest BCUT2D eigenvalue weighted by molar-refractivity contribution is 7.85. The van der Waals surface area contributed by atoms with Gasteiger partial charge in [0.1, 0.15) is 6.61 Å². The van der Waals surface area contributed by atoms with Crippen LogP contribution in [0.3, 0.4) is 0 Å². The van der Waals surface area contributed by atoms with Gasteiger partial charge in [0, 0.05) is 18.7 Å². The highest BCUT2D eigenvalue weighted by atomic mass is 32.2. The Balaban J connectivity index is 1.88. The lowest BCUT2D eigenvalue weighted by Crippen LogP contribution is -2.25. The second-order valence-electron chi connectivity index (χ2n) is 7.49. The van der Waals surface area contributed by atoms with Gasteiger partial charge in [0.05, 0.1) is 17.8 Å². The second kappa shape index (κ2) is 15.6. The van der Waals surface area contributed by atoms with Crippen molar-refractivity contribution in [2.24, 2.45) is 0 Å². The minimum absolute atomic E-state index is 0.00485. The van der Waals surface area contributed by atoms with Gasteiger partial charge in [-0.1, -0.05) is 51.4 Å². The average molecular weight is 459 g/mol. The van der Waals surface area contributed by atoms with E-state index in [0.717, 1.165) is 51.2 Å². The maximum Gasteiger partial charge on any atom is 0.407 e. The lowest BCUT2D eigenvalue weighted by Gasteiger charge is -2.07. The van der Waals surface area contributed by atoms with Crippen LogP contribution in [0.5, 0.6) is 0 Å². The molecule has 0 bridgehead atoms. The molecule has 0 fully saturated rings. The third kappa shape index (κ3) is 15.3. The number of alkyl carbamates (subject to hydrolysis) is 1. The summed E-state index contributed by atoms with van der Waals surface area (Å²) in [4.78, 5) is 21.8. The SMILES string of the molecule is CS(=O)(=O)OCCCCCCCCCCCCNC(=O)OCc1ccc([N+](=O)[O-])cc1. The summed E-state index contributed by atoms with van der Waals surface area (Å²) in [5.74, 6) is 0. The summed E-state index contributed by atoms with van der Waals surface area (Å²) in [5.41, 5.74) is 0.702. The lowest BCUT2D eigenvalue weighted by atomic mass is 10.1. The number of nitrogens with zero attached hydrogens (tertiary/aromatic N) is 1. The van der Waals surface area contributed by atoms with Gasteiger partial charge in [-0.3, -0.25) is 14.3 Å². The van der Waals surface area contributed by atoms with Crippen molar-refractivity contribution in [1.82, 2.24) is 5.32 Å². The van der Waals surface area contributed by atoms with Crippen molar-refractivity contribution in [3.8, 4) is 0 Å². The van der Waals surface area contributed by atoms with Gasteiger partial charge in [-0.25, -0.2) is 4.79 Å². The number of unbranched alkanes of at least 4 members (excludes halogenated alkanes) is 9. The van der Waals surface area contributed by atoms with Gasteiger partial charge >= 0.3 is 6.09 Å². The number of nitro groups is 1.